The first-order valence-corrected chi connectivity index (χ1v) is 11.9. The van der Waals surface area contributed by atoms with E-state index >= 15 is 0 Å². The van der Waals surface area contributed by atoms with Crippen molar-refractivity contribution in [2.75, 3.05) is 32.8 Å². The van der Waals surface area contributed by atoms with Gasteiger partial charge in [-0.15, -0.1) is 0 Å². The van der Waals surface area contributed by atoms with Gasteiger partial charge in [0.25, 0.3) is 5.91 Å². The monoisotopic (exact) mass is 441 g/mol. The van der Waals surface area contributed by atoms with Crippen molar-refractivity contribution in [2.45, 2.75) is 58.2 Å². The molecular formula is C25H35N3O4. The third-order valence-corrected chi connectivity index (χ3v) is 7.23. The molecule has 3 saturated heterocycles. The Balaban J connectivity index is 1.59. The summed E-state index contributed by atoms with van der Waals surface area (Å²) in [6.07, 6.45) is 3.02. The van der Waals surface area contributed by atoms with E-state index < -0.39 is 11.8 Å². The van der Waals surface area contributed by atoms with Gasteiger partial charge in [0, 0.05) is 50.5 Å². The molecule has 0 bridgehead atoms. The molecule has 0 unspecified atom stereocenters. The van der Waals surface area contributed by atoms with Crippen LogP contribution in [0.15, 0.2) is 30.3 Å². The van der Waals surface area contributed by atoms with E-state index in [2.05, 4.69) is 6.92 Å². The molecule has 7 heteroatoms. The Morgan fingerprint density at radius 1 is 0.969 bits per heavy atom. The molecule has 1 spiro atoms. The number of amides is 3. The van der Waals surface area contributed by atoms with Gasteiger partial charge in [0.2, 0.25) is 11.8 Å². The number of carbonyl (C=O) groups is 3. The number of hydrogen-bond acceptors (Lipinski definition) is 4. The molecule has 3 amide bonds. The van der Waals surface area contributed by atoms with E-state index in [1.54, 1.807) is 17.0 Å². The number of benzene rings is 1. The lowest BCUT2D eigenvalue weighted by atomic mass is 9.95. The number of rotatable bonds is 3. The molecule has 3 heterocycles. The molecule has 174 valence electrons. The summed E-state index contributed by atoms with van der Waals surface area (Å²) in [5, 5.41) is 0. The summed E-state index contributed by atoms with van der Waals surface area (Å²) in [4.78, 5) is 45.2. The molecule has 0 saturated carbocycles. The predicted octanol–water partition coefficient (Wildman–Crippen LogP) is 2.76. The Kier molecular flexibility index (Phi) is 6.56. The predicted molar refractivity (Wildman–Crippen MR) is 121 cm³/mol. The topological polar surface area (TPSA) is 70.2 Å². The van der Waals surface area contributed by atoms with Crippen LogP contribution in [-0.2, 0) is 14.3 Å². The molecule has 0 aromatic heterocycles. The largest absolute Gasteiger partial charge is 0.353 e. The van der Waals surface area contributed by atoms with Gasteiger partial charge in [0.15, 0.2) is 0 Å². The van der Waals surface area contributed by atoms with Crippen LogP contribution in [0.2, 0.25) is 0 Å². The zero-order valence-corrected chi connectivity index (χ0v) is 19.5. The second kappa shape index (κ2) is 9.22. The summed E-state index contributed by atoms with van der Waals surface area (Å²) < 4.78 is 6.29. The fraction of sp³-hybridized carbons (Fsp3) is 0.640. The molecule has 0 N–H and O–H groups in total. The van der Waals surface area contributed by atoms with Crippen LogP contribution in [0.5, 0.6) is 0 Å². The fourth-order valence-electron chi connectivity index (χ4n) is 5.16. The van der Waals surface area contributed by atoms with E-state index in [0.29, 0.717) is 37.4 Å². The average molecular weight is 442 g/mol. The van der Waals surface area contributed by atoms with Crippen LogP contribution in [0.3, 0.4) is 0 Å². The van der Waals surface area contributed by atoms with E-state index in [4.69, 9.17) is 4.74 Å². The first kappa shape index (κ1) is 22.8. The Hall–Kier alpha value is -2.41. The summed E-state index contributed by atoms with van der Waals surface area (Å²) in [7, 11) is 0. The first-order chi connectivity index (χ1) is 15.3. The Labute approximate surface area is 190 Å². The standard InChI is InChI=1S/C25H35N3O4/c1-18(2)22(29)27-15-11-25(12-16-27)28(23(30)20-7-5-4-6-8-20)21(17-32-25)24(31)26-13-9-19(3)10-14-26/h4-8,18-19,21H,9-17H2,1-3H3/t21-/m0/s1. The number of nitrogens with zero attached hydrogens (tertiary/aromatic N) is 3. The van der Waals surface area contributed by atoms with Gasteiger partial charge >= 0.3 is 0 Å². The van der Waals surface area contributed by atoms with Gasteiger partial charge in [0.05, 0.1) is 6.61 Å². The summed E-state index contributed by atoms with van der Waals surface area (Å²) in [5.41, 5.74) is -0.285. The Bertz CT molecular complexity index is 840. The zero-order valence-electron chi connectivity index (χ0n) is 19.5. The van der Waals surface area contributed by atoms with Crippen molar-refractivity contribution >= 4 is 17.7 Å². The minimum absolute atomic E-state index is 0.0151. The lowest BCUT2D eigenvalue weighted by Gasteiger charge is -2.45. The summed E-state index contributed by atoms with van der Waals surface area (Å²) in [6.45, 7) is 8.74. The third kappa shape index (κ3) is 4.27. The van der Waals surface area contributed by atoms with Crippen LogP contribution in [-0.4, -0.2) is 77.0 Å². The van der Waals surface area contributed by atoms with Gasteiger partial charge in [-0.25, -0.2) is 0 Å². The fourth-order valence-corrected chi connectivity index (χ4v) is 5.16. The van der Waals surface area contributed by atoms with Crippen molar-refractivity contribution in [1.82, 2.24) is 14.7 Å². The van der Waals surface area contributed by atoms with Crippen molar-refractivity contribution in [3.8, 4) is 0 Å². The van der Waals surface area contributed by atoms with Gasteiger partial charge in [-0.05, 0) is 30.9 Å². The van der Waals surface area contributed by atoms with Crippen molar-refractivity contribution in [2.24, 2.45) is 11.8 Å². The molecule has 3 aliphatic heterocycles. The maximum Gasteiger partial charge on any atom is 0.256 e. The SMILES string of the molecule is CC1CCN(C(=O)[C@@H]2COC3(CCN(C(=O)C(C)C)CC3)N2C(=O)c2ccccc2)CC1. The van der Waals surface area contributed by atoms with E-state index in [9.17, 15) is 14.4 Å². The molecule has 1 atom stereocenters. The molecule has 0 radical (unpaired) electrons. The maximum atomic E-state index is 13.7. The molecule has 3 fully saturated rings. The number of piperidine rings is 2. The summed E-state index contributed by atoms with van der Waals surface area (Å²) >= 11 is 0. The van der Waals surface area contributed by atoms with Crippen LogP contribution < -0.4 is 0 Å². The van der Waals surface area contributed by atoms with Gasteiger partial charge in [-0.3, -0.25) is 19.3 Å². The highest BCUT2D eigenvalue weighted by Crippen LogP contribution is 2.39. The third-order valence-electron chi connectivity index (χ3n) is 7.23. The number of carbonyl (C=O) groups excluding carboxylic acids is 3. The maximum absolute atomic E-state index is 13.7. The second-order valence-corrected chi connectivity index (χ2v) is 9.80. The molecule has 0 aliphatic carbocycles. The summed E-state index contributed by atoms with van der Waals surface area (Å²) in [5.74, 6) is 0.490. The smallest absolute Gasteiger partial charge is 0.256 e. The number of ether oxygens (including phenoxy) is 1. The molecule has 1 aromatic rings. The lowest BCUT2D eigenvalue weighted by Crippen LogP contribution is -2.60. The van der Waals surface area contributed by atoms with E-state index in [0.717, 1.165) is 25.9 Å². The van der Waals surface area contributed by atoms with Crippen molar-refractivity contribution in [3.63, 3.8) is 0 Å². The Morgan fingerprint density at radius 2 is 1.59 bits per heavy atom. The average Bonchev–Trinajstić information content (AvgIpc) is 3.17. The van der Waals surface area contributed by atoms with Crippen LogP contribution in [0.4, 0.5) is 0 Å². The van der Waals surface area contributed by atoms with E-state index in [1.165, 1.54) is 0 Å². The molecular weight excluding hydrogens is 406 g/mol. The van der Waals surface area contributed by atoms with E-state index in [1.807, 2.05) is 41.8 Å². The highest BCUT2D eigenvalue weighted by molar-refractivity contribution is 5.98. The van der Waals surface area contributed by atoms with Crippen molar-refractivity contribution in [1.29, 1.82) is 0 Å². The van der Waals surface area contributed by atoms with Crippen molar-refractivity contribution in [3.05, 3.63) is 35.9 Å². The highest BCUT2D eigenvalue weighted by Gasteiger charge is 2.55. The molecule has 32 heavy (non-hydrogen) atoms. The van der Waals surface area contributed by atoms with Crippen molar-refractivity contribution < 1.29 is 19.1 Å². The minimum Gasteiger partial charge on any atom is -0.353 e. The summed E-state index contributed by atoms with van der Waals surface area (Å²) in [6, 6.07) is 8.50. The molecule has 4 rings (SSSR count). The highest BCUT2D eigenvalue weighted by atomic mass is 16.5. The van der Waals surface area contributed by atoms with Crippen LogP contribution in [0.1, 0.15) is 56.8 Å². The number of likely N-dealkylation sites (tertiary alicyclic amines) is 2. The second-order valence-electron chi connectivity index (χ2n) is 9.80. The normalized spacial score (nSPS) is 23.8. The van der Waals surface area contributed by atoms with Gasteiger partial charge < -0.3 is 14.5 Å². The van der Waals surface area contributed by atoms with Gasteiger partial charge in [-0.1, -0.05) is 39.0 Å². The lowest BCUT2D eigenvalue weighted by molar-refractivity contribution is -0.147. The first-order valence-electron chi connectivity index (χ1n) is 11.9. The van der Waals surface area contributed by atoms with Gasteiger partial charge in [0.1, 0.15) is 11.8 Å². The quantitative estimate of drug-likeness (QED) is 0.723. The number of hydrogen-bond donors (Lipinski definition) is 0. The zero-order chi connectivity index (χ0) is 22.9. The molecule has 7 nitrogen and oxygen atoms in total. The van der Waals surface area contributed by atoms with Crippen LogP contribution in [0.25, 0.3) is 0 Å². The molecule has 3 aliphatic rings. The Morgan fingerprint density at radius 3 is 2.19 bits per heavy atom. The van der Waals surface area contributed by atoms with E-state index in [-0.39, 0.29) is 30.2 Å². The van der Waals surface area contributed by atoms with Gasteiger partial charge in [-0.2, -0.15) is 0 Å². The minimum atomic E-state index is -0.843. The van der Waals surface area contributed by atoms with Crippen LogP contribution in [0, 0.1) is 11.8 Å². The molecule has 1 aromatic carbocycles. The van der Waals surface area contributed by atoms with Crippen LogP contribution >= 0.6 is 0 Å².